The van der Waals surface area contributed by atoms with Crippen LogP contribution >= 0.6 is 0 Å². The first-order valence-electron chi connectivity index (χ1n) is 12.0. The van der Waals surface area contributed by atoms with Crippen molar-refractivity contribution in [2.45, 2.75) is 62.3 Å². The van der Waals surface area contributed by atoms with Crippen LogP contribution in [0.1, 0.15) is 62.1 Å². The van der Waals surface area contributed by atoms with Gasteiger partial charge in [-0.25, -0.2) is 8.42 Å². The first-order valence-corrected chi connectivity index (χ1v) is 13.5. The molecule has 2 aliphatic rings. The quantitative estimate of drug-likeness (QED) is 0.595. The topological polar surface area (TPSA) is 66.9 Å². The monoisotopic (exact) mass is 470 g/mol. The first-order chi connectivity index (χ1) is 16.0. The predicted molar refractivity (Wildman–Crippen MR) is 129 cm³/mol. The van der Waals surface area contributed by atoms with Gasteiger partial charge in [-0.05, 0) is 67.5 Å². The van der Waals surface area contributed by atoms with E-state index in [2.05, 4.69) is 0 Å². The molecule has 1 unspecified atom stereocenters. The molecule has 1 amide bonds. The summed E-state index contributed by atoms with van der Waals surface area (Å²) in [6.07, 6.45) is 7.04. The van der Waals surface area contributed by atoms with Crippen LogP contribution in [-0.4, -0.2) is 50.3 Å². The second-order valence-corrected chi connectivity index (χ2v) is 10.9. The Balaban J connectivity index is 1.36. The van der Waals surface area contributed by atoms with Gasteiger partial charge in [0.1, 0.15) is 5.75 Å². The fourth-order valence-electron chi connectivity index (χ4n) is 4.89. The van der Waals surface area contributed by atoms with Crippen LogP contribution < -0.4 is 4.74 Å². The smallest absolute Gasteiger partial charge is 0.243 e. The van der Waals surface area contributed by atoms with Gasteiger partial charge in [-0.2, -0.15) is 4.31 Å². The van der Waals surface area contributed by atoms with Crippen molar-refractivity contribution < 1.29 is 17.9 Å². The van der Waals surface area contributed by atoms with Crippen molar-refractivity contribution >= 4 is 15.9 Å². The molecule has 0 N–H and O–H groups in total. The third-order valence-electron chi connectivity index (χ3n) is 6.83. The Labute approximate surface area is 197 Å². The number of ether oxygens (including phenoxy) is 1. The number of carbonyl (C=O) groups is 1. The number of sulfonamides is 1. The lowest BCUT2D eigenvalue weighted by atomic mass is 10.0. The summed E-state index contributed by atoms with van der Waals surface area (Å²) in [4.78, 5) is 15.3. The van der Waals surface area contributed by atoms with Gasteiger partial charge in [0, 0.05) is 26.1 Å². The highest BCUT2D eigenvalue weighted by atomic mass is 32.2. The van der Waals surface area contributed by atoms with Gasteiger partial charge < -0.3 is 9.64 Å². The molecule has 0 spiro atoms. The zero-order valence-electron chi connectivity index (χ0n) is 19.4. The molecule has 4 rings (SSSR count). The Morgan fingerprint density at radius 1 is 0.909 bits per heavy atom. The van der Waals surface area contributed by atoms with E-state index in [1.54, 1.807) is 23.5 Å². The van der Waals surface area contributed by atoms with Gasteiger partial charge >= 0.3 is 0 Å². The summed E-state index contributed by atoms with van der Waals surface area (Å²) >= 11 is 0. The van der Waals surface area contributed by atoms with E-state index in [4.69, 9.17) is 4.74 Å². The van der Waals surface area contributed by atoms with E-state index in [-0.39, 0.29) is 11.9 Å². The van der Waals surface area contributed by atoms with E-state index in [1.165, 1.54) is 0 Å². The average Bonchev–Trinajstić information content (AvgIpc) is 3.17. The van der Waals surface area contributed by atoms with Gasteiger partial charge in [0.25, 0.3) is 0 Å². The minimum Gasteiger partial charge on any atom is -0.497 e. The first kappa shape index (κ1) is 23.8. The molecular formula is C26H34N2O4S. The van der Waals surface area contributed by atoms with Crippen LogP contribution in [0.4, 0.5) is 0 Å². The molecule has 1 atom stereocenters. The Kier molecular flexibility index (Phi) is 7.71. The highest BCUT2D eigenvalue weighted by molar-refractivity contribution is 7.89. The number of benzene rings is 2. The number of nitrogens with zero attached hydrogens (tertiary/aromatic N) is 2. The molecule has 2 aromatic carbocycles. The molecule has 0 radical (unpaired) electrons. The van der Waals surface area contributed by atoms with E-state index < -0.39 is 10.0 Å². The molecule has 0 aliphatic carbocycles. The second-order valence-electron chi connectivity index (χ2n) is 8.98. The number of hydrogen-bond donors (Lipinski definition) is 0. The number of rotatable bonds is 7. The Morgan fingerprint density at radius 3 is 2.21 bits per heavy atom. The highest BCUT2D eigenvalue weighted by Crippen LogP contribution is 2.33. The fraction of sp³-hybridized carbons (Fsp3) is 0.500. The number of aryl methyl sites for hydroxylation is 1. The predicted octanol–water partition coefficient (Wildman–Crippen LogP) is 4.56. The summed E-state index contributed by atoms with van der Waals surface area (Å²) in [6.45, 7) is 1.98. The molecule has 33 heavy (non-hydrogen) atoms. The van der Waals surface area contributed by atoms with Crippen LogP contribution in [0.5, 0.6) is 5.75 Å². The molecule has 2 aliphatic heterocycles. The second kappa shape index (κ2) is 10.7. The van der Waals surface area contributed by atoms with Gasteiger partial charge in [0.15, 0.2) is 0 Å². The molecule has 2 heterocycles. The summed E-state index contributed by atoms with van der Waals surface area (Å²) in [5.41, 5.74) is 2.13. The van der Waals surface area contributed by atoms with Crippen molar-refractivity contribution in [2.24, 2.45) is 0 Å². The number of carbonyl (C=O) groups excluding carboxylic acids is 1. The molecule has 0 bridgehead atoms. The standard InChI is InChI=1S/C26H34N2O4S/c1-32-23-13-11-22(12-14-23)25-7-6-20-28(25)26(29)17-10-21-8-15-24(16-9-21)33(30,31)27-18-4-2-3-5-19-27/h8-9,11-16,25H,2-7,10,17-20H2,1H3. The van der Waals surface area contributed by atoms with Crippen LogP contribution in [0.15, 0.2) is 53.4 Å². The molecule has 0 aromatic heterocycles. The lowest BCUT2D eigenvalue weighted by Gasteiger charge is -2.25. The summed E-state index contributed by atoms with van der Waals surface area (Å²) in [7, 11) is -1.79. The van der Waals surface area contributed by atoms with Gasteiger partial charge in [0.2, 0.25) is 15.9 Å². The van der Waals surface area contributed by atoms with E-state index in [9.17, 15) is 13.2 Å². The maximum absolute atomic E-state index is 13.0. The Hall–Kier alpha value is -2.38. The van der Waals surface area contributed by atoms with Crippen LogP contribution in [0.3, 0.4) is 0 Å². The number of likely N-dealkylation sites (tertiary alicyclic amines) is 1. The van der Waals surface area contributed by atoms with Gasteiger partial charge in [-0.15, -0.1) is 0 Å². The van der Waals surface area contributed by atoms with Crippen molar-refractivity contribution in [1.29, 1.82) is 0 Å². The van der Waals surface area contributed by atoms with Crippen molar-refractivity contribution in [2.75, 3.05) is 26.7 Å². The zero-order chi connectivity index (χ0) is 23.3. The minimum absolute atomic E-state index is 0.115. The molecular weight excluding hydrogens is 436 g/mol. The van der Waals surface area contributed by atoms with Crippen LogP contribution in [-0.2, 0) is 21.2 Å². The van der Waals surface area contributed by atoms with Crippen LogP contribution in [0.2, 0.25) is 0 Å². The summed E-state index contributed by atoms with van der Waals surface area (Å²) in [5, 5.41) is 0. The average molecular weight is 471 g/mol. The van der Waals surface area contributed by atoms with Gasteiger partial charge in [0.05, 0.1) is 18.0 Å². The lowest BCUT2D eigenvalue weighted by molar-refractivity contribution is -0.132. The molecule has 6 nitrogen and oxygen atoms in total. The van der Waals surface area contributed by atoms with Crippen molar-refractivity contribution in [3.05, 3.63) is 59.7 Å². The Morgan fingerprint density at radius 2 is 1.58 bits per heavy atom. The van der Waals surface area contributed by atoms with E-state index in [0.717, 1.165) is 61.9 Å². The van der Waals surface area contributed by atoms with Crippen molar-refractivity contribution in [1.82, 2.24) is 9.21 Å². The van der Waals surface area contributed by atoms with Crippen LogP contribution in [0, 0.1) is 0 Å². The number of amides is 1. The van der Waals surface area contributed by atoms with Gasteiger partial charge in [-0.3, -0.25) is 4.79 Å². The van der Waals surface area contributed by atoms with Crippen molar-refractivity contribution in [3.63, 3.8) is 0 Å². The lowest BCUT2D eigenvalue weighted by Crippen LogP contribution is -2.32. The number of hydrogen-bond acceptors (Lipinski definition) is 4. The molecule has 2 saturated heterocycles. The summed E-state index contributed by atoms with van der Waals surface area (Å²) in [5.74, 6) is 0.963. The number of methoxy groups -OCH3 is 1. The normalized spacial score (nSPS) is 19.9. The van der Waals surface area contributed by atoms with E-state index in [0.29, 0.717) is 30.8 Å². The maximum Gasteiger partial charge on any atom is 0.243 e. The van der Waals surface area contributed by atoms with E-state index >= 15 is 0 Å². The summed E-state index contributed by atoms with van der Waals surface area (Å²) < 4.78 is 32.8. The SMILES string of the molecule is COc1ccc(C2CCCN2C(=O)CCc2ccc(S(=O)(=O)N3CCCCCC3)cc2)cc1. The maximum atomic E-state index is 13.0. The largest absolute Gasteiger partial charge is 0.497 e. The third kappa shape index (κ3) is 5.58. The molecule has 0 saturated carbocycles. The van der Waals surface area contributed by atoms with Crippen molar-refractivity contribution in [3.8, 4) is 5.75 Å². The molecule has 2 fully saturated rings. The third-order valence-corrected chi connectivity index (χ3v) is 8.74. The highest BCUT2D eigenvalue weighted by Gasteiger charge is 2.30. The summed E-state index contributed by atoms with van der Waals surface area (Å²) in [6, 6.07) is 15.2. The fourth-order valence-corrected chi connectivity index (χ4v) is 6.41. The molecule has 2 aromatic rings. The van der Waals surface area contributed by atoms with Gasteiger partial charge in [-0.1, -0.05) is 37.1 Å². The zero-order valence-corrected chi connectivity index (χ0v) is 20.2. The molecule has 7 heteroatoms. The Bertz CT molecular complexity index is 1030. The van der Waals surface area contributed by atoms with Crippen LogP contribution in [0.25, 0.3) is 0 Å². The van der Waals surface area contributed by atoms with E-state index in [1.807, 2.05) is 41.3 Å². The molecule has 178 valence electrons. The minimum atomic E-state index is -3.44.